The quantitative estimate of drug-likeness (QED) is 0.415. The topological polar surface area (TPSA) is 56.5 Å². The Labute approximate surface area is 165 Å². The van der Waals surface area contributed by atoms with Gasteiger partial charge in [-0.1, -0.05) is 36.4 Å². The van der Waals surface area contributed by atoms with Crippen LogP contribution >= 0.6 is 0 Å². The molecule has 6 nitrogen and oxygen atoms in total. The van der Waals surface area contributed by atoms with Crippen molar-refractivity contribution in [1.82, 2.24) is 14.2 Å². The van der Waals surface area contributed by atoms with E-state index in [1.165, 1.54) is 4.90 Å². The molecule has 0 fully saturated rings. The standard InChI is InChI=1S/C23H17N3O3/c1-24-14-10-6-4-8-12(14)16-18-19(23(28)25(2)22(18)27)17-13-9-5-7-11-15(13)26(29-3)21(17)20(16)24/h4-11H,1-3H3. The highest BCUT2D eigenvalue weighted by atomic mass is 16.6. The number of rotatable bonds is 1. The molecular formula is C23H17N3O3. The maximum absolute atomic E-state index is 13.2. The van der Waals surface area contributed by atoms with Crippen molar-refractivity contribution in [3.63, 3.8) is 0 Å². The molecule has 1 aliphatic rings. The van der Waals surface area contributed by atoms with E-state index in [2.05, 4.69) is 4.57 Å². The molecular weight excluding hydrogens is 366 g/mol. The molecule has 3 aromatic carbocycles. The lowest BCUT2D eigenvalue weighted by atomic mass is 9.97. The van der Waals surface area contributed by atoms with Crippen LogP contribution in [0, 0.1) is 0 Å². The molecule has 142 valence electrons. The third kappa shape index (κ3) is 1.68. The van der Waals surface area contributed by atoms with Crippen LogP contribution in [-0.2, 0) is 7.05 Å². The van der Waals surface area contributed by atoms with Crippen LogP contribution in [0.5, 0.6) is 0 Å². The summed E-state index contributed by atoms with van der Waals surface area (Å²) in [5, 5.41) is 3.41. The number of hydrogen-bond acceptors (Lipinski definition) is 3. The maximum Gasteiger partial charge on any atom is 0.262 e. The summed E-state index contributed by atoms with van der Waals surface area (Å²) >= 11 is 0. The fourth-order valence-electron chi connectivity index (χ4n) is 4.90. The Morgan fingerprint density at radius 1 is 0.724 bits per heavy atom. The van der Waals surface area contributed by atoms with Crippen LogP contribution in [0.25, 0.3) is 43.6 Å². The van der Waals surface area contributed by atoms with E-state index in [1.54, 1.807) is 18.9 Å². The molecule has 0 saturated heterocycles. The van der Waals surface area contributed by atoms with Gasteiger partial charge in [0.05, 0.1) is 22.2 Å². The second kappa shape index (κ2) is 5.17. The second-order valence-corrected chi connectivity index (χ2v) is 7.44. The lowest BCUT2D eigenvalue weighted by Crippen LogP contribution is -2.24. The Balaban J connectivity index is 2.08. The zero-order chi connectivity index (χ0) is 20.0. The third-order valence-corrected chi connectivity index (χ3v) is 6.13. The van der Waals surface area contributed by atoms with E-state index in [0.29, 0.717) is 11.1 Å². The van der Waals surface area contributed by atoms with Crippen LogP contribution in [0.1, 0.15) is 20.7 Å². The fourth-order valence-corrected chi connectivity index (χ4v) is 4.90. The molecule has 0 unspecified atom stereocenters. The van der Waals surface area contributed by atoms with E-state index in [4.69, 9.17) is 4.84 Å². The van der Waals surface area contributed by atoms with Crippen molar-refractivity contribution >= 4 is 55.4 Å². The first-order chi connectivity index (χ1) is 14.1. The van der Waals surface area contributed by atoms with Gasteiger partial charge in [-0.05, 0) is 12.1 Å². The van der Waals surface area contributed by atoms with Gasteiger partial charge in [0.1, 0.15) is 12.6 Å². The Morgan fingerprint density at radius 2 is 1.24 bits per heavy atom. The lowest BCUT2D eigenvalue weighted by molar-refractivity contribution is 0.0694. The average molecular weight is 383 g/mol. The summed E-state index contributed by atoms with van der Waals surface area (Å²) in [4.78, 5) is 33.4. The summed E-state index contributed by atoms with van der Waals surface area (Å²) in [5.74, 6) is -0.536. The molecule has 6 heteroatoms. The summed E-state index contributed by atoms with van der Waals surface area (Å²) in [6.07, 6.45) is 0. The highest BCUT2D eigenvalue weighted by Crippen LogP contribution is 2.45. The number of carbonyl (C=O) groups is 2. The number of aromatic nitrogens is 2. The predicted octanol–water partition coefficient (Wildman–Crippen LogP) is 3.72. The monoisotopic (exact) mass is 383 g/mol. The minimum atomic E-state index is -0.274. The van der Waals surface area contributed by atoms with Gasteiger partial charge in [0.25, 0.3) is 11.8 Å². The van der Waals surface area contributed by atoms with Crippen LogP contribution in [0.4, 0.5) is 0 Å². The molecule has 2 aromatic heterocycles. The molecule has 0 aliphatic carbocycles. The van der Waals surface area contributed by atoms with E-state index in [9.17, 15) is 9.59 Å². The van der Waals surface area contributed by atoms with E-state index < -0.39 is 0 Å². The molecule has 0 N–H and O–H groups in total. The summed E-state index contributed by atoms with van der Waals surface area (Å²) in [6, 6.07) is 15.8. The first kappa shape index (κ1) is 16.2. The number of nitrogens with zero attached hydrogens (tertiary/aromatic N) is 3. The first-order valence-electron chi connectivity index (χ1n) is 9.39. The first-order valence-corrected chi connectivity index (χ1v) is 9.39. The second-order valence-electron chi connectivity index (χ2n) is 7.44. The number of amides is 2. The number of fused-ring (bicyclic) bond motifs is 10. The third-order valence-electron chi connectivity index (χ3n) is 6.13. The molecule has 0 bridgehead atoms. The summed E-state index contributed by atoms with van der Waals surface area (Å²) in [6.45, 7) is 0. The molecule has 1 aliphatic heterocycles. The molecule has 29 heavy (non-hydrogen) atoms. The van der Waals surface area contributed by atoms with Gasteiger partial charge in [-0.15, -0.1) is 0 Å². The number of carbonyl (C=O) groups excluding carboxylic acids is 2. The number of hydrogen-bond donors (Lipinski definition) is 0. The molecule has 2 amide bonds. The zero-order valence-electron chi connectivity index (χ0n) is 16.2. The Kier molecular flexibility index (Phi) is 2.88. The molecule has 0 radical (unpaired) electrons. The fraction of sp³-hybridized carbons (Fsp3) is 0.130. The van der Waals surface area contributed by atoms with Gasteiger partial charge in [-0.2, -0.15) is 4.73 Å². The van der Waals surface area contributed by atoms with Crippen LogP contribution in [0.3, 0.4) is 0 Å². The van der Waals surface area contributed by atoms with Crippen LogP contribution < -0.4 is 4.84 Å². The van der Waals surface area contributed by atoms with Crippen molar-refractivity contribution in [2.75, 3.05) is 14.2 Å². The normalized spacial score (nSPS) is 14.1. The van der Waals surface area contributed by atoms with Crippen molar-refractivity contribution in [2.24, 2.45) is 7.05 Å². The number of benzene rings is 3. The van der Waals surface area contributed by atoms with Gasteiger partial charge >= 0.3 is 0 Å². The number of aryl methyl sites for hydroxylation is 1. The van der Waals surface area contributed by atoms with Crippen molar-refractivity contribution < 1.29 is 14.4 Å². The van der Waals surface area contributed by atoms with E-state index in [0.717, 1.165) is 43.6 Å². The highest BCUT2D eigenvalue weighted by molar-refractivity contribution is 6.39. The number of para-hydroxylation sites is 2. The average Bonchev–Trinajstić information content (AvgIpc) is 3.31. The minimum absolute atomic E-state index is 0.262. The smallest absolute Gasteiger partial charge is 0.262 e. The summed E-state index contributed by atoms with van der Waals surface area (Å²) < 4.78 is 3.85. The van der Waals surface area contributed by atoms with Gasteiger partial charge in [-0.3, -0.25) is 14.5 Å². The van der Waals surface area contributed by atoms with Crippen LogP contribution in [-0.4, -0.2) is 40.2 Å². The van der Waals surface area contributed by atoms with Gasteiger partial charge in [0.2, 0.25) is 0 Å². The van der Waals surface area contributed by atoms with Crippen molar-refractivity contribution in [3.05, 3.63) is 59.7 Å². The molecule has 0 saturated carbocycles. The van der Waals surface area contributed by atoms with Gasteiger partial charge < -0.3 is 9.40 Å². The molecule has 0 atom stereocenters. The van der Waals surface area contributed by atoms with Crippen LogP contribution in [0.2, 0.25) is 0 Å². The van der Waals surface area contributed by atoms with Crippen molar-refractivity contribution in [1.29, 1.82) is 0 Å². The Morgan fingerprint density at radius 3 is 1.86 bits per heavy atom. The molecule has 5 aromatic rings. The van der Waals surface area contributed by atoms with Crippen molar-refractivity contribution in [3.8, 4) is 0 Å². The summed E-state index contributed by atoms with van der Waals surface area (Å²) in [7, 11) is 5.15. The SMILES string of the molecule is COn1c2ccccc2c2c3c(c4c5ccccc5n(C)c4c21)C(=O)N(C)C3=O. The number of imide groups is 1. The van der Waals surface area contributed by atoms with Gasteiger partial charge in [-0.25, -0.2) is 0 Å². The van der Waals surface area contributed by atoms with E-state index in [-0.39, 0.29) is 11.8 Å². The maximum atomic E-state index is 13.2. The Hall–Kier alpha value is -3.80. The largest absolute Gasteiger partial charge is 0.416 e. The van der Waals surface area contributed by atoms with E-state index >= 15 is 0 Å². The minimum Gasteiger partial charge on any atom is -0.416 e. The highest BCUT2D eigenvalue weighted by Gasteiger charge is 2.40. The predicted molar refractivity (Wildman–Crippen MR) is 112 cm³/mol. The lowest BCUT2D eigenvalue weighted by Gasteiger charge is -2.09. The van der Waals surface area contributed by atoms with Crippen LogP contribution in [0.15, 0.2) is 48.5 Å². The molecule has 6 rings (SSSR count). The van der Waals surface area contributed by atoms with Gasteiger partial charge in [0, 0.05) is 41.2 Å². The Bertz CT molecular complexity index is 1550. The summed E-state index contributed by atoms with van der Waals surface area (Å²) in [5.41, 5.74) is 4.49. The molecule has 0 spiro atoms. The molecule has 3 heterocycles. The van der Waals surface area contributed by atoms with E-state index in [1.807, 2.05) is 55.6 Å². The van der Waals surface area contributed by atoms with Gasteiger partial charge in [0.15, 0.2) is 0 Å². The van der Waals surface area contributed by atoms with Crippen molar-refractivity contribution in [2.45, 2.75) is 0 Å². The zero-order valence-corrected chi connectivity index (χ0v) is 16.2.